The molecule has 5 heteroatoms. The average Bonchev–Trinajstić information content (AvgIpc) is 3.21. The predicted octanol–water partition coefficient (Wildman–Crippen LogP) is 3.28. The van der Waals surface area contributed by atoms with Gasteiger partial charge >= 0.3 is 0 Å². The molecular formula is C22H23N3O2. The van der Waals surface area contributed by atoms with Crippen molar-refractivity contribution < 1.29 is 9.53 Å². The van der Waals surface area contributed by atoms with Crippen molar-refractivity contribution in [3.63, 3.8) is 0 Å². The van der Waals surface area contributed by atoms with Crippen molar-refractivity contribution in [1.82, 2.24) is 15.1 Å². The van der Waals surface area contributed by atoms with Gasteiger partial charge in [0.05, 0.1) is 24.3 Å². The molecular weight excluding hydrogens is 338 g/mol. The Balaban J connectivity index is 1.42. The Bertz CT molecular complexity index is 938. The normalized spacial score (nSPS) is 15.3. The van der Waals surface area contributed by atoms with Gasteiger partial charge in [0.15, 0.2) is 0 Å². The summed E-state index contributed by atoms with van der Waals surface area (Å²) in [5, 5.41) is 7.58. The van der Waals surface area contributed by atoms with Gasteiger partial charge in [-0.3, -0.25) is 9.48 Å². The smallest absolute Gasteiger partial charge is 0.255 e. The Hall–Kier alpha value is -3.08. The van der Waals surface area contributed by atoms with Gasteiger partial charge in [-0.05, 0) is 31.0 Å². The Labute approximate surface area is 159 Å². The molecule has 27 heavy (non-hydrogen) atoms. The van der Waals surface area contributed by atoms with E-state index in [0.717, 1.165) is 29.1 Å². The molecule has 1 aliphatic heterocycles. The van der Waals surface area contributed by atoms with E-state index >= 15 is 0 Å². The monoisotopic (exact) mass is 361 g/mol. The predicted molar refractivity (Wildman–Crippen MR) is 104 cm³/mol. The molecule has 3 aromatic rings. The molecule has 1 unspecified atom stereocenters. The highest BCUT2D eigenvalue weighted by molar-refractivity contribution is 5.96. The van der Waals surface area contributed by atoms with Gasteiger partial charge in [0.1, 0.15) is 11.9 Å². The molecule has 0 saturated carbocycles. The first-order valence-electron chi connectivity index (χ1n) is 9.22. The molecule has 1 N–H and O–H groups in total. The molecule has 0 spiro atoms. The van der Waals surface area contributed by atoms with Gasteiger partial charge in [-0.25, -0.2) is 0 Å². The van der Waals surface area contributed by atoms with Gasteiger partial charge in [0, 0.05) is 12.1 Å². The highest BCUT2D eigenvalue weighted by atomic mass is 16.5. The fourth-order valence-electron chi connectivity index (χ4n) is 3.60. The van der Waals surface area contributed by atoms with Gasteiger partial charge in [-0.2, -0.15) is 5.10 Å². The van der Waals surface area contributed by atoms with Crippen molar-refractivity contribution in [2.24, 2.45) is 0 Å². The first-order chi connectivity index (χ1) is 13.1. The number of nitrogens with zero attached hydrogens (tertiary/aromatic N) is 2. The number of fused-ring (bicyclic) bond motifs is 1. The first-order valence-corrected chi connectivity index (χ1v) is 9.22. The van der Waals surface area contributed by atoms with E-state index in [-0.39, 0.29) is 12.0 Å². The number of amides is 1. The molecule has 138 valence electrons. The molecule has 0 bridgehead atoms. The number of hydrogen-bond acceptors (Lipinski definition) is 3. The van der Waals surface area contributed by atoms with Crippen LogP contribution >= 0.6 is 0 Å². The number of ether oxygens (including phenoxy) is 1. The number of aromatic nitrogens is 2. The summed E-state index contributed by atoms with van der Waals surface area (Å²) in [6, 6.07) is 18.1. The highest BCUT2D eigenvalue weighted by Gasteiger charge is 2.24. The van der Waals surface area contributed by atoms with Crippen LogP contribution in [0.4, 0.5) is 0 Å². The van der Waals surface area contributed by atoms with Crippen LogP contribution in [-0.4, -0.2) is 28.3 Å². The molecule has 1 aliphatic rings. The zero-order valence-corrected chi connectivity index (χ0v) is 15.6. The van der Waals surface area contributed by atoms with Crippen molar-refractivity contribution in [2.45, 2.75) is 32.9 Å². The van der Waals surface area contributed by atoms with Crippen LogP contribution in [0.2, 0.25) is 0 Å². The second kappa shape index (κ2) is 7.27. The molecule has 4 rings (SSSR count). The number of para-hydroxylation sites is 1. The van der Waals surface area contributed by atoms with Crippen molar-refractivity contribution in [3.8, 4) is 5.75 Å². The van der Waals surface area contributed by atoms with Crippen LogP contribution in [-0.2, 0) is 13.0 Å². The summed E-state index contributed by atoms with van der Waals surface area (Å²) in [6.07, 6.45) is 0.799. The third kappa shape index (κ3) is 3.58. The molecule has 2 aromatic carbocycles. The van der Waals surface area contributed by atoms with Gasteiger partial charge in [-0.1, -0.05) is 48.5 Å². The molecule has 0 aliphatic carbocycles. The van der Waals surface area contributed by atoms with E-state index in [1.165, 1.54) is 5.56 Å². The quantitative estimate of drug-likeness (QED) is 0.759. The van der Waals surface area contributed by atoms with E-state index in [1.807, 2.05) is 54.9 Å². The third-order valence-electron chi connectivity index (χ3n) is 4.99. The third-order valence-corrected chi connectivity index (χ3v) is 4.99. The Morgan fingerprint density at radius 1 is 1.15 bits per heavy atom. The largest absolute Gasteiger partial charge is 0.488 e. The maximum Gasteiger partial charge on any atom is 0.255 e. The van der Waals surface area contributed by atoms with E-state index in [4.69, 9.17) is 4.74 Å². The molecule has 0 saturated heterocycles. The summed E-state index contributed by atoms with van der Waals surface area (Å²) in [5.74, 6) is 0.823. The highest BCUT2D eigenvalue weighted by Crippen LogP contribution is 2.27. The molecule has 1 aromatic heterocycles. The minimum Gasteiger partial charge on any atom is -0.488 e. The molecule has 1 amide bonds. The number of aryl methyl sites for hydroxylation is 1. The lowest BCUT2D eigenvalue weighted by Gasteiger charge is -2.12. The van der Waals surface area contributed by atoms with E-state index in [1.54, 1.807) is 0 Å². The first kappa shape index (κ1) is 17.3. The average molecular weight is 361 g/mol. The second-order valence-corrected chi connectivity index (χ2v) is 6.95. The van der Waals surface area contributed by atoms with Crippen molar-refractivity contribution in [2.75, 3.05) is 6.54 Å². The van der Waals surface area contributed by atoms with E-state index in [2.05, 4.69) is 28.6 Å². The maximum atomic E-state index is 12.8. The second-order valence-electron chi connectivity index (χ2n) is 6.95. The zero-order chi connectivity index (χ0) is 18.8. The minimum absolute atomic E-state index is 0.0219. The van der Waals surface area contributed by atoms with Gasteiger partial charge in [0.2, 0.25) is 0 Å². The number of benzene rings is 2. The molecule has 0 radical (unpaired) electrons. The Morgan fingerprint density at radius 3 is 2.67 bits per heavy atom. The number of carbonyl (C=O) groups is 1. The van der Waals surface area contributed by atoms with Crippen molar-refractivity contribution in [3.05, 3.63) is 82.7 Å². The van der Waals surface area contributed by atoms with Crippen LogP contribution in [0.1, 0.15) is 32.9 Å². The Kier molecular flexibility index (Phi) is 4.67. The molecule has 0 fully saturated rings. The number of carbonyl (C=O) groups excluding carboxylic acids is 1. The topological polar surface area (TPSA) is 56.2 Å². The van der Waals surface area contributed by atoms with Crippen molar-refractivity contribution in [1.29, 1.82) is 0 Å². The summed E-state index contributed by atoms with van der Waals surface area (Å²) >= 11 is 0. The van der Waals surface area contributed by atoms with E-state index in [0.29, 0.717) is 18.7 Å². The lowest BCUT2D eigenvalue weighted by molar-refractivity contribution is 0.0932. The fraction of sp³-hybridized carbons (Fsp3) is 0.273. The number of hydrogen-bond donors (Lipinski definition) is 1. The van der Waals surface area contributed by atoms with Crippen LogP contribution in [0.3, 0.4) is 0 Å². The maximum absolute atomic E-state index is 12.8. The van der Waals surface area contributed by atoms with Crippen molar-refractivity contribution >= 4 is 5.91 Å². The zero-order valence-electron chi connectivity index (χ0n) is 15.6. The summed E-state index contributed by atoms with van der Waals surface area (Å²) in [5.41, 5.74) is 4.63. The lowest BCUT2D eigenvalue weighted by Crippen LogP contribution is -2.35. The Morgan fingerprint density at radius 2 is 1.89 bits per heavy atom. The number of rotatable bonds is 5. The van der Waals surface area contributed by atoms with Gasteiger partial charge in [0.25, 0.3) is 5.91 Å². The lowest BCUT2D eigenvalue weighted by atomic mass is 10.1. The van der Waals surface area contributed by atoms with Crippen LogP contribution in [0.5, 0.6) is 5.75 Å². The van der Waals surface area contributed by atoms with Crippen LogP contribution in [0.25, 0.3) is 0 Å². The van der Waals surface area contributed by atoms with Gasteiger partial charge in [-0.15, -0.1) is 0 Å². The molecule has 1 atom stereocenters. The standard InChI is InChI=1S/C22H23N3O2/c1-15-21(16(2)25(24-15)14-17-8-4-3-5-9-17)22(26)23-13-19-12-18-10-6-7-11-20(18)27-19/h3-11,19H,12-14H2,1-2H3,(H,23,26). The molecule has 5 nitrogen and oxygen atoms in total. The van der Waals surface area contributed by atoms with Crippen LogP contribution in [0, 0.1) is 13.8 Å². The van der Waals surface area contributed by atoms with Crippen LogP contribution in [0.15, 0.2) is 54.6 Å². The SMILES string of the molecule is Cc1nn(Cc2ccccc2)c(C)c1C(=O)NCC1Cc2ccccc2O1. The summed E-state index contributed by atoms with van der Waals surface area (Å²) in [7, 11) is 0. The minimum atomic E-state index is -0.0936. The summed E-state index contributed by atoms with van der Waals surface area (Å²) in [6.45, 7) is 4.96. The summed E-state index contributed by atoms with van der Waals surface area (Å²) < 4.78 is 7.79. The molecule has 2 heterocycles. The fourth-order valence-corrected chi connectivity index (χ4v) is 3.60. The van der Waals surface area contributed by atoms with Gasteiger partial charge < -0.3 is 10.1 Å². The number of nitrogens with one attached hydrogen (secondary N) is 1. The van der Waals surface area contributed by atoms with Crippen LogP contribution < -0.4 is 10.1 Å². The van der Waals surface area contributed by atoms with E-state index in [9.17, 15) is 4.79 Å². The van der Waals surface area contributed by atoms with E-state index < -0.39 is 0 Å². The summed E-state index contributed by atoms with van der Waals surface area (Å²) in [4.78, 5) is 12.8.